The molecule has 0 radical (unpaired) electrons. The Kier molecular flexibility index (Phi) is 6.82. The zero-order valence-electron chi connectivity index (χ0n) is 19.6. The Morgan fingerprint density at radius 1 is 1.08 bits per heavy atom. The molecular weight excluding hydrogens is 545 g/mol. The lowest BCUT2D eigenvalue weighted by atomic mass is 9.83. The van der Waals surface area contributed by atoms with Gasteiger partial charge in [-0.15, -0.1) is 0 Å². The van der Waals surface area contributed by atoms with Crippen LogP contribution in [0.4, 0.5) is 18.9 Å². The molecule has 2 aliphatic rings. The number of ether oxygens (including phenoxy) is 2. The van der Waals surface area contributed by atoms with Gasteiger partial charge in [-0.2, -0.15) is 13.2 Å². The number of carbonyl (C=O) groups excluding carboxylic acids is 3. The predicted molar refractivity (Wildman–Crippen MR) is 132 cm³/mol. The van der Waals surface area contributed by atoms with Gasteiger partial charge in [0.15, 0.2) is 6.61 Å². The molecule has 2 aliphatic heterocycles. The third kappa shape index (κ3) is 4.60. The Morgan fingerprint density at radius 2 is 1.84 bits per heavy atom. The number of fused-ring (bicyclic) bond motifs is 2. The Hall–Kier alpha value is -3.58. The molecule has 1 saturated heterocycles. The van der Waals surface area contributed by atoms with Crippen LogP contribution in [0.1, 0.15) is 28.8 Å². The number of benzene rings is 2. The van der Waals surface area contributed by atoms with E-state index in [9.17, 15) is 32.3 Å². The number of alkyl halides is 3. The first-order valence-electron chi connectivity index (χ1n) is 11.4. The van der Waals surface area contributed by atoms with Gasteiger partial charge in [-0.05, 0) is 36.8 Å². The molecule has 2 aromatic carbocycles. The van der Waals surface area contributed by atoms with Gasteiger partial charge in [-0.1, -0.05) is 47.4 Å². The van der Waals surface area contributed by atoms with Crippen LogP contribution < -0.4 is 14.5 Å². The third-order valence-corrected chi connectivity index (χ3v) is 8.55. The Bertz CT molecular complexity index is 1480. The van der Waals surface area contributed by atoms with Crippen molar-refractivity contribution in [1.82, 2.24) is 4.98 Å². The summed E-state index contributed by atoms with van der Waals surface area (Å²) >= 11 is 1.84. The normalized spacial score (nSPS) is 20.7. The zero-order valence-corrected chi connectivity index (χ0v) is 21.2. The van der Waals surface area contributed by atoms with Crippen LogP contribution >= 0.6 is 23.1 Å². The van der Waals surface area contributed by atoms with E-state index in [1.165, 1.54) is 12.1 Å². The van der Waals surface area contributed by atoms with E-state index < -0.39 is 52.3 Å². The summed E-state index contributed by atoms with van der Waals surface area (Å²) in [5, 5.41) is -0.674. The molecule has 0 bridgehead atoms. The lowest BCUT2D eigenvalue weighted by Crippen LogP contribution is -2.33. The molecule has 1 fully saturated rings. The van der Waals surface area contributed by atoms with Gasteiger partial charge >= 0.3 is 17.0 Å². The van der Waals surface area contributed by atoms with Crippen LogP contribution in [0, 0.1) is 5.92 Å². The van der Waals surface area contributed by atoms with Crippen LogP contribution in [0.3, 0.4) is 0 Å². The Labute approximate surface area is 221 Å². The van der Waals surface area contributed by atoms with E-state index in [0.717, 1.165) is 35.2 Å². The van der Waals surface area contributed by atoms with E-state index in [2.05, 4.69) is 4.98 Å². The van der Waals surface area contributed by atoms with Crippen molar-refractivity contribution in [2.75, 3.05) is 18.1 Å². The van der Waals surface area contributed by atoms with Crippen LogP contribution in [-0.2, 0) is 25.3 Å². The number of hydrogen-bond acceptors (Lipinski definition) is 8. The Balaban J connectivity index is 1.56. The number of carbonyl (C=O) groups is 3. The zero-order chi connectivity index (χ0) is 27.2. The minimum absolute atomic E-state index is 0.185. The second-order valence-electron chi connectivity index (χ2n) is 8.44. The van der Waals surface area contributed by atoms with Crippen LogP contribution in [0.25, 0.3) is 0 Å². The minimum atomic E-state index is -4.79. The smallest absolute Gasteiger partial charge is 0.418 e. The molecular formula is C25H19F3N2O6S2. The first kappa shape index (κ1) is 26.0. The molecule has 13 heteroatoms. The van der Waals surface area contributed by atoms with Crippen LogP contribution in [0.5, 0.6) is 5.75 Å². The number of halogens is 3. The van der Waals surface area contributed by atoms with Crippen LogP contribution in [0.15, 0.2) is 58.4 Å². The molecule has 5 rings (SSSR count). The highest BCUT2D eigenvalue weighted by molar-refractivity contribution is 8.00. The summed E-state index contributed by atoms with van der Waals surface area (Å²) in [5.74, 6) is -3.77. The highest BCUT2D eigenvalue weighted by Crippen LogP contribution is 2.54. The van der Waals surface area contributed by atoms with Gasteiger partial charge in [-0.25, -0.2) is 9.69 Å². The molecule has 0 saturated carbocycles. The van der Waals surface area contributed by atoms with Gasteiger partial charge in [0.2, 0.25) is 11.8 Å². The number of nitrogens with one attached hydrogen (secondary N) is 1. The molecule has 2 amide bonds. The number of imide groups is 1. The molecule has 3 heterocycles. The monoisotopic (exact) mass is 564 g/mol. The standard InChI is InChI=1S/C25H19F3N2O6S2/c1-2-35-16(31)11-36-13-7-5-6-12(10-13)17-18-20(37-21-19(17)38-24(34)29-21)23(33)30(22(18)32)15-9-4-3-8-14(15)25(26,27)28/h3-10,17-18,20H,2,11H2,1H3,(H,29,34). The largest absolute Gasteiger partial charge is 0.482 e. The fraction of sp³-hybridized carbons (Fsp3) is 0.280. The van der Waals surface area contributed by atoms with Gasteiger partial charge in [0, 0.05) is 10.8 Å². The predicted octanol–water partition coefficient (Wildman–Crippen LogP) is 4.19. The number of H-pyrrole nitrogens is 1. The molecule has 0 aliphatic carbocycles. The maximum Gasteiger partial charge on any atom is 0.418 e. The second-order valence-corrected chi connectivity index (χ2v) is 10.6. The second kappa shape index (κ2) is 9.95. The number of amides is 2. The third-order valence-electron chi connectivity index (χ3n) is 6.15. The highest BCUT2D eigenvalue weighted by Gasteiger charge is 2.57. The molecule has 0 spiro atoms. The lowest BCUT2D eigenvalue weighted by Gasteiger charge is -2.30. The van der Waals surface area contributed by atoms with Crippen LogP contribution in [-0.4, -0.2) is 41.2 Å². The number of thiazole rings is 1. The number of thioether (sulfide) groups is 1. The van der Waals surface area contributed by atoms with E-state index >= 15 is 0 Å². The fourth-order valence-corrected chi connectivity index (χ4v) is 7.18. The molecule has 3 atom stereocenters. The molecule has 1 N–H and O–H groups in total. The number of para-hydroxylation sites is 1. The quantitative estimate of drug-likeness (QED) is 0.354. The maximum absolute atomic E-state index is 13.8. The molecule has 8 nitrogen and oxygen atoms in total. The number of rotatable bonds is 6. The molecule has 1 aromatic heterocycles. The van der Waals surface area contributed by atoms with Gasteiger partial charge in [-0.3, -0.25) is 14.4 Å². The van der Waals surface area contributed by atoms with Crippen molar-refractivity contribution in [2.45, 2.75) is 29.3 Å². The van der Waals surface area contributed by atoms with Crippen LogP contribution in [0.2, 0.25) is 0 Å². The summed E-state index contributed by atoms with van der Waals surface area (Å²) in [6, 6.07) is 10.9. The summed E-state index contributed by atoms with van der Waals surface area (Å²) in [4.78, 5) is 54.6. The summed E-state index contributed by atoms with van der Waals surface area (Å²) in [6.45, 7) is 1.49. The molecule has 38 heavy (non-hydrogen) atoms. The molecule has 198 valence electrons. The average Bonchev–Trinajstić information content (AvgIpc) is 3.36. The fourth-order valence-electron chi connectivity index (χ4n) is 4.66. The SMILES string of the molecule is CCOC(=O)COc1cccc(C2c3sc(=O)[nH]c3SC3C(=O)N(c4ccccc4C(F)(F)F)C(=O)C32)c1. The van der Waals surface area contributed by atoms with E-state index in [-0.39, 0.29) is 23.8 Å². The summed E-state index contributed by atoms with van der Waals surface area (Å²) in [5.41, 5.74) is -1.13. The minimum Gasteiger partial charge on any atom is -0.482 e. The highest BCUT2D eigenvalue weighted by atomic mass is 32.2. The number of esters is 1. The average molecular weight is 565 g/mol. The number of nitrogens with zero attached hydrogens (tertiary/aromatic N) is 1. The number of hydrogen-bond donors (Lipinski definition) is 1. The molecule has 3 unspecified atom stereocenters. The van der Waals surface area contributed by atoms with E-state index in [1.807, 2.05) is 0 Å². The number of aromatic nitrogens is 1. The lowest BCUT2D eigenvalue weighted by molar-refractivity contribution is -0.145. The maximum atomic E-state index is 13.8. The van der Waals surface area contributed by atoms with E-state index in [0.29, 0.717) is 20.4 Å². The van der Waals surface area contributed by atoms with Gasteiger partial charge in [0.25, 0.3) is 0 Å². The van der Waals surface area contributed by atoms with E-state index in [4.69, 9.17) is 9.47 Å². The summed E-state index contributed by atoms with van der Waals surface area (Å²) in [7, 11) is 0. The summed E-state index contributed by atoms with van der Waals surface area (Å²) < 4.78 is 51.7. The van der Waals surface area contributed by atoms with E-state index in [1.54, 1.807) is 31.2 Å². The number of anilines is 1. The number of aromatic amines is 1. The van der Waals surface area contributed by atoms with Crippen molar-refractivity contribution >= 4 is 46.6 Å². The van der Waals surface area contributed by atoms with Crippen molar-refractivity contribution in [1.29, 1.82) is 0 Å². The van der Waals surface area contributed by atoms with Gasteiger partial charge in [0.05, 0.1) is 28.8 Å². The van der Waals surface area contributed by atoms with Crippen molar-refractivity contribution in [2.24, 2.45) is 5.92 Å². The van der Waals surface area contributed by atoms with Crippen molar-refractivity contribution in [3.63, 3.8) is 0 Å². The first-order valence-corrected chi connectivity index (χ1v) is 13.1. The van der Waals surface area contributed by atoms with Crippen molar-refractivity contribution in [3.05, 3.63) is 74.2 Å². The van der Waals surface area contributed by atoms with Gasteiger partial charge in [0.1, 0.15) is 11.0 Å². The van der Waals surface area contributed by atoms with Gasteiger partial charge < -0.3 is 14.5 Å². The van der Waals surface area contributed by atoms with Crippen molar-refractivity contribution < 1.29 is 37.0 Å². The molecule has 3 aromatic rings. The Morgan fingerprint density at radius 3 is 2.58 bits per heavy atom. The summed E-state index contributed by atoms with van der Waals surface area (Å²) in [6.07, 6.45) is -4.79. The van der Waals surface area contributed by atoms with Crippen molar-refractivity contribution in [3.8, 4) is 5.75 Å². The topological polar surface area (TPSA) is 106 Å². The first-order chi connectivity index (χ1) is 18.1.